The number of nitrogens with zero attached hydrogens (tertiary/aromatic N) is 2. The van der Waals surface area contributed by atoms with Crippen LogP contribution in [0.1, 0.15) is 34.8 Å². The van der Waals surface area contributed by atoms with E-state index in [9.17, 15) is 9.90 Å². The summed E-state index contributed by atoms with van der Waals surface area (Å²) in [5.74, 6) is -1.02. The number of benzene rings is 2. The van der Waals surface area contributed by atoms with Crippen LogP contribution in [0.15, 0.2) is 73.1 Å². The number of hydrogen-bond acceptors (Lipinski definition) is 5. The molecular weight excluding hydrogens is 408 g/mol. The summed E-state index contributed by atoms with van der Waals surface area (Å²) in [5.41, 5.74) is 1.69. The second kappa shape index (κ2) is 10.7. The van der Waals surface area contributed by atoms with Gasteiger partial charge in [-0.15, -0.1) is 0 Å². The van der Waals surface area contributed by atoms with E-state index in [4.69, 9.17) is 9.90 Å². The SMILES string of the molecule is CC(=O)O.O=C(N[C@@]1(c2ccccc2)CCNC[C@H]1O)c1cccc(Cn2cccn2)c1. The predicted molar refractivity (Wildman–Crippen MR) is 120 cm³/mol. The quantitative estimate of drug-likeness (QED) is 0.486. The minimum atomic E-state index is -0.833. The second-order valence-corrected chi connectivity index (χ2v) is 7.68. The van der Waals surface area contributed by atoms with Crippen molar-refractivity contribution in [2.24, 2.45) is 0 Å². The molecule has 1 amide bonds. The third-order valence-corrected chi connectivity index (χ3v) is 5.32. The standard InChI is InChI=1S/C22H24N4O2.C2H4O2/c27-20-15-23-12-10-22(20,19-8-2-1-3-9-19)25-21(28)18-7-4-6-17(14-18)16-26-13-5-11-24-26;1-2(3)4/h1-9,11,13-14,20,23,27H,10,12,15-16H2,(H,25,28);1H3,(H,3,4)/t20-,22-;/m1./s1. The van der Waals surface area contributed by atoms with Crippen molar-refractivity contribution >= 4 is 11.9 Å². The van der Waals surface area contributed by atoms with Crippen LogP contribution >= 0.6 is 0 Å². The molecule has 2 aromatic carbocycles. The normalized spacial score (nSPS) is 20.0. The summed E-state index contributed by atoms with van der Waals surface area (Å²) in [5, 5.41) is 28.8. The highest BCUT2D eigenvalue weighted by Gasteiger charge is 2.42. The number of aliphatic hydroxyl groups excluding tert-OH is 1. The number of piperidine rings is 1. The molecule has 1 fully saturated rings. The lowest BCUT2D eigenvalue weighted by Gasteiger charge is -2.43. The van der Waals surface area contributed by atoms with E-state index in [1.165, 1.54) is 0 Å². The van der Waals surface area contributed by atoms with Crippen LogP contribution in [0.5, 0.6) is 0 Å². The molecule has 0 spiro atoms. The molecule has 1 aliphatic rings. The summed E-state index contributed by atoms with van der Waals surface area (Å²) in [6.45, 7) is 2.85. The molecule has 2 atom stereocenters. The molecule has 0 radical (unpaired) electrons. The molecule has 0 aliphatic carbocycles. The van der Waals surface area contributed by atoms with Gasteiger partial charge in [0, 0.05) is 31.4 Å². The molecule has 3 aromatic rings. The van der Waals surface area contributed by atoms with E-state index in [1.807, 2.05) is 65.5 Å². The molecule has 0 bridgehead atoms. The average molecular weight is 437 g/mol. The number of amides is 1. The molecule has 1 saturated heterocycles. The number of aromatic nitrogens is 2. The third-order valence-electron chi connectivity index (χ3n) is 5.32. The third kappa shape index (κ3) is 5.81. The Morgan fingerprint density at radius 2 is 1.94 bits per heavy atom. The number of hydrogen-bond donors (Lipinski definition) is 4. The molecule has 8 nitrogen and oxygen atoms in total. The molecule has 8 heteroatoms. The van der Waals surface area contributed by atoms with E-state index in [-0.39, 0.29) is 5.91 Å². The van der Waals surface area contributed by atoms with Crippen LogP contribution < -0.4 is 10.6 Å². The van der Waals surface area contributed by atoms with Crippen molar-refractivity contribution < 1.29 is 19.8 Å². The Labute approximate surface area is 186 Å². The number of carboxylic acid groups (broad SMARTS) is 1. The van der Waals surface area contributed by atoms with E-state index in [0.29, 0.717) is 25.1 Å². The zero-order chi connectivity index (χ0) is 23.0. The van der Waals surface area contributed by atoms with Crippen LogP contribution in [0.4, 0.5) is 0 Å². The number of β-amino-alcohol motifs (C(OH)–C–C–N with tert-alkyl or cyclic N) is 1. The monoisotopic (exact) mass is 436 g/mol. The fraction of sp³-hybridized carbons (Fsp3) is 0.292. The first kappa shape index (κ1) is 23.2. The minimum Gasteiger partial charge on any atom is -0.481 e. The van der Waals surface area contributed by atoms with Gasteiger partial charge in [-0.25, -0.2) is 0 Å². The van der Waals surface area contributed by atoms with Gasteiger partial charge in [-0.3, -0.25) is 14.3 Å². The highest BCUT2D eigenvalue weighted by Crippen LogP contribution is 2.31. The smallest absolute Gasteiger partial charge is 0.300 e. The van der Waals surface area contributed by atoms with Gasteiger partial charge < -0.3 is 20.8 Å². The highest BCUT2D eigenvalue weighted by molar-refractivity contribution is 5.95. The molecule has 4 N–H and O–H groups in total. The summed E-state index contributed by atoms with van der Waals surface area (Å²) in [4.78, 5) is 22.1. The fourth-order valence-electron chi connectivity index (χ4n) is 3.82. The summed E-state index contributed by atoms with van der Waals surface area (Å²) < 4.78 is 1.82. The number of aliphatic carboxylic acids is 1. The first-order valence-electron chi connectivity index (χ1n) is 10.4. The van der Waals surface area contributed by atoms with Crippen molar-refractivity contribution in [3.63, 3.8) is 0 Å². The number of carbonyl (C=O) groups excluding carboxylic acids is 1. The van der Waals surface area contributed by atoms with Crippen LogP contribution in [0.3, 0.4) is 0 Å². The molecule has 0 unspecified atom stereocenters. The minimum absolute atomic E-state index is 0.188. The van der Waals surface area contributed by atoms with Gasteiger partial charge in [-0.05, 0) is 42.3 Å². The van der Waals surface area contributed by atoms with Gasteiger partial charge in [-0.1, -0.05) is 42.5 Å². The summed E-state index contributed by atoms with van der Waals surface area (Å²) in [7, 11) is 0. The highest BCUT2D eigenvalue weighted by atomic mass is 16.4. The zero-order valence-electron chi connectivity index (χ0n) is 17.9. The van der Waals surface area contributed by atoms with Gasteiger partial charge in [-0.2, -0.15) is 5.10 Å². The van der Waals surface area contributed by atoms with Crippen molar-refractivity contribution in [2.75, 3.05) is 13.1 Å². The maximum absolute atomic E-state index is 13.1. The van der Waals surface area contributed by atoms with E-state index < -0.39 is 17.6 Å². The molecule has 0 saturated carbocycles. The summed E-state index contributed by atoms with van der Waals surface area (Å²) >= 11 is 0. The Bertz CT molecular complexity index is 1020. The van der Waals surface area contributed by atoms with Crippen molar-refractivity contribution in [3.8, 4) is 0 Å². The maximum Gasteiger partial charge on any atom is 0.300 e. The second-order valence-electron chi connectivity index (χ2n) is 7.68. The Morgan fingerprint density at radius 1 is 1.19 bits per heavy atom. The van der Waals surface area contributed by atoms with Crippen LogP contribution in [-0.4, -0.2) is 51.1 Å². The Balaban J connectivity index is 0.000000668. The molecule has 168 valence electrons. The van der Waals surface area contributed by atoms with Crippen molar-refractivity contribution in [1.29, 1.82) is 0 Å². The van der Waals surface area contributed by atoms with Gasteiger partial charge in [0.2, 0.25) is 0 Å². The van der Waals surface area contributed by atoms with Crippen molar-refractivity contribution in [3.05, 3.63) is 89.7 Å². The van der Waals surface area contributed by atoms with Crippen LogP contribution in [0.25, 0.3) is 0 Å². The lowest BCUT2D eigenvalue weighted by atomic mass is 9.79. The van der Waals surface area contributed by atoms with Gasteiger partial charge in [0.05, 0.1) is 18.2 Å². The van der Waals surface area contributed by atoms with Crippen molar-refractivity contribution in [1.82, 2.24) is 20.4 Å². The van der Waals surface area contributed by atoms with E-state index in [2.05, 4.69) is 15.7 Å². The fourth-order valence-corrected chi connectivity index (χ4v) is 3.82. The molecule has 1 aliphatic heterocycles. The summed E-state index contributed by atoms with van der Waals surface area (Å²) in [6, 6.07) is 19.1. The van der Waals surface area contributed by atoms with Gasteiger partial charge in [0.15, 0.2) is 0 Å². The predicted octanol–water partition coefficient (Wildman–Crippen LogP) is 2.00. The molecule has 1 aromatic heterocycles. The van der Waals surface area contributed by atoms with Crippen molar-refractivity contribution in [2.45, 2.75) is 31.5 Å². The van der Waals surface area contributed by atoms with E-state index in [0.717, 1.165) is 24.6 Å². The Kier molecular flexibility index (Phi) is 7.75. The number of carboxylic acids is 1. The topological polar surface area (TPSA) is 116 Å². The van der Waals surface area contributed by atoms with Gasteiger partial charge in [0.1, 0.15) is 0 Å². The molecule has 4 rings (SSSR count). The maximum atomic E-state index is 13.1. The van der Waals surface area contributed by atoms with Gasteiger partial charge in [0.25, 0.3) is 11.9 Å². The first-order chi connectivity index (χ1) is 15.4. The Morgan fingerprint density at radius 3 is 2.59 bits per heavy atom. The molecule has 2 heterocycles. The van der Waals surface area contributed by atoms with Crippen LogP contribution in [0, 0.1) is 0 Å². The van der Waals surface area contributed by atoms with E-state index in [1.54, 1.807) is 12.3 Å². The van der Waals surface area contributed by atoms with E-state index >= 15 is 0 Å². The number of nitrogens with one attached hydrogen (secondary N) is 2. The van der Waals surface area contributed by atoms with Crippen LogP contribution in [-0.2, 0) is 16.9 Å². The largest absolute Gasteiger partial charge is 0.481 e. The Hall–Kier alpha value is -3.49. The summed E-state index contributed by atoms with van der Waals surface area (Å²) in [6.07, 6.45) is 3.54. The first-order valence-corrected chi connectivity index (χ1v) is 10.4. The van der Waals surface area contributed by atoms with Gasteiger partial charge >= 0.3 is 0 Å². The molecule has 32 heavy (non-hydrogen) atoms. The number of aliphatic hydroxyl groups is 1. The lowest BCUT2D eigenvalue weighted by molar-refractivity contribution is -0.134. The number of rotatable bonds is 5. The average Bonchev–Trinajstić information content (AvgIpc) is 3.29. The lowest BCUT2D eigenvalue weighted by Crippen LogP contribution is -2.61. The van der Waals surface area contributed by atoms with Crippen LogP contribution in [0.2, 0.25) is 0 Å². The molecular formula is C24H28N4O4. The zero-order valence-corrected chi connectivity index (χ0v) is 17.9. The number of carbonyl (C=O) groups is 2.